The molecule has 2 aliphatic heterocycles. The number of rotatable bonds is 1. The topological polar surface area (TPSA) is 78.5 Å². The number of hydrogen-bond donors (Lipinski definition) is 2. The van der Waals surface area contributed by atoms with E-state index in [0.717, 1.165) is 25.8 Å². The Bertz CT molecular complexity index is 425. The molecule has 2 N–H and O–H groups in total. The number of hydrogen-bond acceptors (Lipinski definition) is 4. The van der Waals surface area contributed by atoms with Crippen LogP contribution in [0.25, 0.3) is 0 Å². The van der Waals surface area contributed by atoms with Crippen molar-refractivity contribution in [3.05, 3.63) is 0 Å². The summed E-state index contributed by atoms with van der Waals surface area (Å²) in [5.41, 5.74) is -1.67. The molecule has 0 radical (unpaired) electrons. The van der Waals surface area contributed by atoms with E-state index >= 15 is 0 Å². The van der Waals surface area contributed by atoms with Crippen molar-refractivity contribution in [1.82, 2.24) is 15.5 Å². The lowest BCUT2D eigenvalue weighted by Gasteiger charge is -2.45. The van der Waals surface area contributed by atoms with E-state index in [2.05, 4.69) is 10.6 Å². The fourth-order valence-electron chi connectivity index (χ4n) is 2.65. The monoisotopic (exact) mass is 267 g/mol. The highest BCUT2D eigenvalue weighted by atomic mass is 16.2. The van der Waals surface area contributed by atoms with Gasteiger partial charge in [0.15, 0.2) is 0 Å². The molecule has 2 fully saturated rings. The van der Waals surface area contributed by atoms with Crippen LogP contribution in [-0.2, 0) is 14.4 Å². The number of carbonyl (C=O) groups is 3. The lowest BCUT2D eigenvalue weighted by Crippen LogP contribution is -2.70. The lowest BCUT2D eigenvalue weighted by molar-refractivity contribution is -0.159. The van der Waals surface area contributed by atoms with Gasteiger partial charge in [-0.05, 0) is 46.6 Å². The number of amides is 3. The number of piperazine rings is 1. The van der Waals surface area contributed by atoms with Crippen molar-refractivity contribution in [2.45, 2.75) is 51.1 Å². The minimum absolute atomic E-state index is 0.0607. The lowest BCUT2D eigenvalue weighted by atomic mass is 9.86. The molecule has 2 heterocycles. The van der Waals surface area contributed by atoms with E-state index < -0.39 is 22.9 Å². The summed E-state index contributed by atoms with van der Waals surface area (Å²) in [6.45, 7) is 5.91. The fraction of sp³-hybridized carbons (Fsp3) is 0.769. The van der Waals surface area contributed by atoms with Gasteiger partial charge in [-0.3, -0.25) is 19.7 Å². The molecular formula is C13H21N3O3. The van der Waals surface area contributed by atoms with Crippen LogP contribution in [0.2, 0.25) is 0 Å². The molecule has 3 amide bonds. The number of piperidine rings is 1. The maximum absolute atomic E-state index is 12.7. The Balaban J connectivity index is 2.25. The maximum Gasteiger partial charge on any atom is 0.252 e. The summed E-state index contributed by atoms with van der Waals surface area (Å²) in [4.78, 5) is 37.5. The molecule has 1 atom stereocenters. The second-order valence-electron chi connectivity index (χ2n) is 6.04. The standard InChI is InChI=1S/C13H21N3O3/c1-12(2)10(18)15-9(17)8-16(12)11(19)13(3)6-4-5-7-14-13/h14H,4-8H2,1-3H3,(H,15,17,18). The molecule has 2 rings (SSSR count). The molecule has 0 saturated carbocycles. The van der Waals surface area contributed by atoms with E-state index in [1.807, 2.05) is 6.92 Å². The molecule has 19 heavy (non-hydrogen) atoms. The minimum Gasteiger partial charge on any atom is -0.318 e. The van der Waals surface area contributed by atoms with Crippen molar-refractivity contribution < 1.29 is 14.4 Å². The molecule has 0 aromatic carbocycles. The molecule has 106 valence electrons. The van der Waals surface area contributed by atoms with Crippen molar-refractivity contribution >= 4 is 17.7 Å². The first-order valence-electron chi connectivity index (χ1n) is 6.69. The van der Waals surface area contributed by atoms with Crippen molar-refractivity contribution in [2.75, 3.05) is 13.1 Å². The minimum atomic E-state index is -0.993. The first-order valence-corrected chi connectivity index (χ1v) is 6.69. The van der Waals surface area contributed by atoms with Crippen LogP contribution in [0.4, 0.5) is 0 Å². The van der Waals surface area contributed by atoms with Gasteiger partial charge in [0.1, 0.15) is 12.1 Å². The third kappa shape index (κ3) is 2.36. The highest BCUT2D eigenvalue weighted by Crippen LogP contribution is 2.27. The van der Waals surface area contributed by atoms with E-state index in [1.54, 1.807) is 13.8 Å². The summed E-state index contributed by atoms with van der Waals surface area (Å²) >= 11 is 0. The first kappa shape index (κ1) is 14.0. The van der Waals surface area contributed by atoms with Gasteiger partial charge in [0.25, 0.3) is 5.91 Å². The maximum atomic E-state index is 12.7. The summed E-state index contributed by atoms with van der Waals surface area (Å²) in [7, 11) is 0. The second kappa shape index (κ2) is 4.59. The molecule has 6 heteroatoms. The molecule has 0 bridgehead atoms. The van der Waals surface area contributed by atoms with Gasteiger partial charge in [-0.1, -0.05) is 0 Å². The van der Waals surface area contributed by atoms with E-state index in [4.69, 9.17) is 0 Å². The van der Waals surface area contributed by atoms with Crippen LogP contribution in [0.3, 0.4) is 0 Å². The zero-order chi connectivity index (χ0) is 14.3. The van der Waals surface area contributed by atoms with E-state index in [1.165, 1.54) is 4.90 Å². The summed E-state index contributed by atoms with van der Waals surface area (Å²) in [6, 6.07) is 0. The molecule has 0 aromatic rings. The highest BCUT2D eigenvalue weighted by Gasteiger charge is 2.48. The zero-order valence-electron chi connectivity index (χ0n) is 11.7. The van der Waals surface area contributed by atoms with Gasteiger partial charge in [-0.2, -0.15) is 0 Å². The van der Waals surface area contributed by atoms with Gasteiger partial charge in [0, 0.05) is 0 Å². The van der Waals surface area contributed by atoms with Gasteiger partial charge in [0.05, 0.1) is 5.54 Å². The Labute approximate surface area is 112 Å². The van der Waals surface area contributed by atoms with Gasteiger partial charge in [-0.25, -0.2) is 0 Å². The Morgan fingerprint density at radius 2 is 1.89 bits per heavy atom. The van der Waals surface area contributed by atoms with Crippen LogP contribution >= 0.6 is 0 Å². The van der Waals surface area contributed by atoms with Gasteiger partial charge < -0.3 is 10.2 Å². The number of carbonyl (C=O) groups excluding carboxylic acids is 3. The second-order valence-corrected chi connectivity index (χ2v) is 6.04. The van der Waals surface area contributed by atoms with Crippen LogP contribution in [0.15, 0.2) is 0 Å². The number of nitrogens with one attached hydrogen (secondary N) is 2. The Kier molecular flexibility index (Phi) is 3.38. The molecule has 0 aromatic heterocycles. The van der Waals surface area contributed by atoms with Gasteiger partial charge >= 0.3 is 0 Å². The Morgan fingerprint density at radius 1 is 1.21 bits per heavy atom. The molecule has 6 nitrogen and oxygen atoms in total. The number of imide groups is 1. The van der Waals surface area contributed by atoms with Gasteiger partial charge in [0.2, 0.25) is 11.8 Å². The molecule has 0 aliphatic carbocycles. The average Bonchev–Trinajstić information content (AvgIpc) is 2.34. The molecule has 0 spiro atoms. The fourth-order valence-corrected chi connectivity index (χ4v) is 2.65. The predicted octanol–water partition coefficient (Wildman–Crippen LogP) is -0.218. The van der Waals surface area contributed by atoms with Crippen molar-refractivity contribution in [1.29, 1.82) is 0 Å². The van der Waals surface area contributed by atoms with Crippen molar-refractivity contribution in [2.24, 2.45) is 0 Å². The summed E-state index contributed by atoms with van der Waals surface area (Å²) in [6.07, 6.45) is 2.75. The molecular weight excluding hydrogens is 246 g/mol. The third-order valence-corrected chi connectivity index (χ3v) is 4.12. The summed E-state index contributed by atoms with van der Waals surface area (Å²) in [5.74, 6) is -1.01. The Hall–Kier alpha value is -1.43. The SMILES string of the molecule is CC1(C(=O)N2CC(=O)NC(=O)C2(C)C)CCCCN1. The van der Waals surface area contributed by atoms with E-state index in [9.17, 15) is 14.4 Å². The molecule has 2 saturated heterocycles. The van der Waals surface area contributed by atoms with Crippen LogP contribution in [0, 0.1) is 0 Å². The van der Waals surface area contributed by atoms with E-state index in [0.29, 0.717) is 0 Å². The van der Waals surface area contributed by atoms with Crippen LogP contribution in [0.1, 0.15) is 40.0 Å². The molecule has 2 aliphatic rings. The third-order valence-electron chi connectivity index (χ3n) is 4.12. The van der Waals surface area contributed by atoms with Gasteiger partial charge in [-0.15, -0.1) is 0 Å². The number of nitrogens with zero attached hydrogens (tertiary/aromatic N) is 1. The largest absolute Gasteiger partial charge is 0.318 e. The zero-order valence-corrected chi connectivity index (χ0v) is 11.7. The normalized spacial score (nSPS) is 31.0. The molecule has 1 unspecified atom stereocenters. The summed E-state index contributed by atoms with van der Waals surface area (Å²) in [5, 5.41) is 5.50. The van der Waals surface area contributed by atoms with Crippen LogP contribution in [0.5, 0.6) is 0 Å². The average molecular weight is 267 g/mol. The highest BCUT2D eigenvalue weighted by molar-refractivity contribution is 6.07. The smallest absolute Gasteiger partial charge is 0.252 e. The predicted molar refractivity (Wildman–Crippen MR) is 69.2 cm³/mol. The van der Waals surface area contributed by atoms with Crippen molar-refractivity contribution in [3.8, 4) is 0 Å². The quantitative estimate of drug-likeness (QED) is 0.644. The van der Waals surface area contributed by atoms with Crippen LogP contribution < -0.4 is 10.6 Å². The van der Waals surface area contributed by atoms with Crippen molar-refractivity contribution in [3.63, 3.8) is 0 Å². The summed E-state index contributed by atoms with van der Waals surface area (Å²) < 4.78 is 0. The Morgan fingerprint density at radius 3 is 2.47 bits per heavy atom. The van der Waals surface area contributed by atoms with Crippen LogP contribution in [-0.4, -0.2) is 46.8 Å². The first-order chi connectivity index (χ1) is 8.77. The van der Waals surface area contributed by atoms with E-state index in [-0.39, 0.29) is 12.5 Å².